The third kappa shape index (κ3) is 10.3. The molecule has 0 atom stereocenters. The Balaban J connectivity index is 0.816. The molecule has 16 aromatic rings. The highest BCUT2D eigenvalue weighted by molar-refractivity contribution is 6.11. The zero-order valence-corrected chi connectivity index (χ0v) is 54.6. The fourth-order valence-electron chi connectivity index (χ4n) is 14.5. The number of fused-ring (bicyclic) bond motifs is 6. The molecule has 0 saturated heterocycles. The van der Waals surface area contributed by atoms with E-state index in [1.807, 2.05) is 30.5 Å². The van der Waals surface area contributed by atoms with Gasteiger partial charge in [0.15, 0.2) is 0 Å². The van der Waals surface area contributed by atoms with Gasteiger partial charge >= 0.3 is 0 Å². The molecule has 95 heavy (non-hydrogen) atoms. The van der Waals surface area contributed by atoms with Crippen molar-refractivity contribution in [1.82, 2.24) is 15.0 Å². The SMILES string of the molecule is Cc1cc(-c2ccc(-c3ccccc3-c3c(C)c(C)c(-c4ccccc4-c4ccc(-c5cc(C(C)(C)C)ncn5)cc4-c4ccc(-c5cccc6c5oc5ccccc56)cc4)c(C)c3C)c(-c3ccc(-c4cccc5c4oc4ccccc45)cc3)c2)ncc1-c1ccccc1. The Morgan fingerprint density at radius 2 is 0.642 bits per heavy atom. The molecule has 0 fully saturated rings. The first kappa shape index (κ1) is 58.5. The monoisotopic (exact) mass is 1220 g/mol. The number of hydrogen-bond donors (Lipinski definition) is 0. The number of aryl methyl sites for hydroxylation is 1. The van der Waals surface area contributed by atoms with Crippen molar-refractivity contribution in [3.63, 3.8) is 0 Å². The second-order valence-electron chi connectivity index (χ2n) is 26.4. The number of rotatable bonds is 11. The Bertz CT molecular complexity index is 5660. The number of pyridine rings is 1. The standard InChI is InChI=1S/C90H69N3O2/c1-54-48-81(91-52-80(54)59-22-10-9-11-23-59)64-44-46-70(78(49-64)62-40-36-60(37-41-62)66-30-20-32-76-72-26-16-18-34-83(72)94-88(66)76)68-24-12-14-28-74(68)86-55(2)57(4)87(58(5)56(86)3)75-29-15-13-25-69(75)71-47-45-65(82-51-85(90(6,7)8)93-53-92-82)50-79(71)63-42-38-61(39-43-63)67-31-21-33-77-73-27-17-19-35-84(73)95-89(67)77/h9-53H,1-8H3. The molecule has 5 heteroatoms. The van der Waals surface area contributed by atoms with Crippen LogP contribution >= 0.6 is 0 Å². The molecule has 4 aromatic heterocycles. The van der Waals surface area contributed by atoms with Crippen molar-refractivity contribution >= 4 is 43.9 Å². The second-order valence-corrected chi connectivity index (χ2v) is 26.4. The molecule has 16 rings (SSSR count). The summed E-state index contributed by atoms with van der Waals surface area (Å²) in [5, 5.41) is 4.47. The van der Waals surface area contributed by atoms with Gasteiger partial charge in [-0.15, -0.1) is 0 Å². The van der Waals surface area contributed by atoms with Crippen LogP contribution in [0, 0.1) is 34.6 Å². The summed E-state index contributed by atoms with van der Waals surface area (Å²) < 4.78 is 13.1. The minimum atomic E-state index is -0.146. The van der Waals surface area contributed by atoms with Crippen molar-refractivity contribution in [2.75, 3.05) is 0 Å². The van der Waals surface area contributed by atoms with Gasteiger partial charge in [0.05, 0.1) is 11.4 Å². The van der Waals surface area contributed by atoms with Gasteiger partial charge in [-0.2, -0.15) is 0 Å². The molecule has 0 aliphatic heterocycles. The van der Waals surface area contributed by atoms with Crippen LogP contribution in [0.1, 0.15) is 54.3 Å². The van der Waals surface area contributed by atoms with E-state index in [1.165, 1.54) is 50.1 Å². The highest BCUT2D eigenvalue weighted by atomic mass is 16.3. The van der Waals surface area contributed by atoms with E-state index in [0.29, 0.717) is 0 Å². The summed E-state index contributed by atoms with van der Waals surface area (Å²) in [5.41, 5.74) is 35.0. The van der Waals surface area contributed by atoms with Crippen LogP contribution in [-0.2, 0) is 5.41 Å². The first-order chi connectivity index (χ1) is 46.3. The largest absolute Gasteiger partial charge is 0.455 e. The molecular formula is C90H69N3O2. The molecule has 456 valence electrons. The Kier molecular flexibility index (Phi) is 14.5. The normalized spacial score (nSPS) is 11.8. The maximum absolute atomic E-state index is 6.56. The van der Waals surface area contributed by atoms with Crippen LogP contribution in [0.2, 0.25) is 0 Å². The third-order valence-corrected chi connectivity index (χ3v) is 19.7. The fourth-order valence-corrected chi connectivity index (χ4v) is 14.5. The van der Waals surface area contributed by atoms with Crippen molar-refractivity contribution in [3.8, 4) is 123 Å². The minimum absolute atomic E-state index is 0.146. The Morgan fingerprint density at radius 1 is 0.274 bits per heavy atom. The minimum Gasteiger partial charge on any atom is -0.455 e. The molecule has 0 radical (unpaired) electrons. The summed E-state index contributed by atoms with van der Waals surface area (Å²) in [7, 11) is 0. The lowest BCUT2D eigenvalue weighted by Crippen LogP contribution is -2.13. The number of nitrogens with zero attached hydrogens (tertiary/aromatic N) is 3. The molecule has 0 saturated carbocycles. The fraction of sp³-hybridized carbons (Fsp3) is 0.100. The van der Waals surface area contributed by atoms with Crippen molar-refractivity contribution in [1.29, 1.82) is 0 Å². The van der Waals surface area contributed by atoms with Gasteiger partial charge in [0.25, 0.3) is 0 Å². The molecule has 0 aliphatic carbocycles. The average Bonchev–Trinajstić information content (AvgIpc) is 1.83. The maximum Gasteiger partial charge on any atom is 0.143 e. The smallest absolute Gasteiger partial charge is 0.143 e. The van der Waals surface area contributed by atoms with E-state index in [1.54, 1.807) is 6.33 Å². The zero-order valence-electron chi connectivity index (χ0n) is 54.6. The van der Waals surface area contributed by atoms with Gasteiger partial charge in [0.2, 0.25) is 0 Å². The van der Waals surface area contributed by atoms with Crippen LogP contribution < -0.4 is 0 Å². The van der Waals surface area contributed by atoms with Gasteiger partial charge in [-0.25, -0.2) is 9.97 Å². The topological polar surface area (TPSA) is 65.0 Å². The number of furan rings is 2. The molecule has 0 amide bonds. The summed E-state index contributed by atoms with van der Waals surface area (Å²) in [4.78, 5) is 14.7. The van der Waals surface area contributed by atoms with Crippen LogP contribution in [0.15, 0.2) is 282 Å². The summed E-state index contributed by atoms with van der Waals surface area (Å²) >= 11 is 0. The van der Waals surface area contributed by atoms with E-state index in [9.17, 15) is 0 Å². The van der Waals surface area contributed by atoms with Gasteiger partial charge < -0.3 is 8.83 Å². The Morgan fingerprint density at radius 3 is 1.11 bits per heavy atom. The van der Waals surface area contributed by atoms with E-state index >= 15 is 0 Å². The first-order valence-corrected chi connectivity index (χ1v) is 32.8. The van der Waals surface area contributed by atoms with Crippen LogP contribution in [0.5, 0.6) is 0 Å². The van der Waals surface area contributed by atoms with E-state index in [2.05, 4.69) is 292 Å². The van der Waals surface area contributed by atoms with Crippen LogP contribution in [0.4, 0.5) is 0 Å². The molecule has 0 N–H and O–H groups in total. The molecule has 0 unspecified atom stereocenters. The van der Waals surface area contributed by atoms with Gasteiger partial charge in [-0.3, -0.25) is 4.98 Å². The molecule has 12 aromatic carbocycles. The predicted molar refractivity (Wildman–Crippen MR) is 397 cm³/mol. The third-order valence-electron chi connectivity index (χ3n) is 19.7. The van der Waals surface area contributed by atoms with E-state index in [-0.39, 0.29) is 5.41 Å². The first-order valence-electron chi connectivity index (χ1n) is 32.8. The predicted octanol–water partition coefficient (Wildman–Crippen LogP) is 24.8. The lowest BCUT2D eigenvalue weighted by molar-refractivity contribution is 0.567. The number of para-hydroxylation sites is 4. The summed E-state index contributed by atoms with van der Waals surface area (Å²) in [5.74, 6) is 0. The molecule has 0 bridgehead atoms. The highest BCUT2D eigenvalue weighted by Crippen LogP contribution is 2.49. The van der Waals surface area contributed by atoms with Gasteiger partial charge in [-0.1, -0.05) is 245 Å². The van der Waals surface area contributed by atoms with E-state index in [4.69, 9.17) is 23.8 Å². The molecule has 0 aliphatic rings. The van der Waals surface area contributed by atoms with Crippen molar-refractivity contribution in [2.45, 2.75) is 60.8 Å². The highest BCUT2D eigenvalue weighted by Gasteiger charge is 2.26. The van der Waals surface area contributed by atoms with Crippen molar-refractivity contribution in [2.24, 2.45) is 0 Å². The molecule has 4 heterocycles. The summed E-state index contributed by atoms with van der Waals surface area (Å²) in [6.07, 6.45) is 3.73. The van der Waals surface area contributed by atoms with Crippen molar-refractivity contribution < 1.29 is 8.83 Å². The van der Waals surface area contributed by atoms with Crippen LogP contribution in [0.25, 0.3) is 167 Å². The Hall–Kier alpha value is -11.5. The van der Waals surface area contributed by atoms with Crippen LogP contribution in [0.3, 0.4) is 0 Å². The quantitative estimate of drug-likeness (QED) is 0.129. The van der Waals surface area contributed by atoms with Gasteiger partial charge in [-0.05, 0) is 182 Å². The molecule has 5 nitrogen and oxygen atoms in total. The van der Waals surface area contributed by atoms with E-state index in [0.717, 1.165) is 150 Å². The number of hydrogen-bond acceptors (Lipinski definition) is 5. The lowest BCUT2D eigenvalue weighted by atomic mass is 9.79. The molecular weight excluding hydrogens is 1160 g/mol. The van der Waals surface area contributed by atoms with Crippen LogP contribution in [-0.4, -0.2) is 15.0 Å². The van der Waals surface area contributed by atoms with E-state index < -0.39 is 0 Å². The maximum atomic E-state index is 6.56. The average molecular weight is 1220 g/mol. The number of benzene rings is 12. The molecule has 0 spiro atoms. The summed E-state index contributed by atoms with van der Waals surface area (Å²) in [6.45, 7) is 18.1. The zero-order chi connectivity index (χ0) is 64.6. The summed E-state index contributed by atoms with van der Waals surface area (Å²) in [6, 6.07) is 94.1. The lowest BCUT2D eigenvalue weighted by Gasteiger charge is -2.25. The number of aromatic nitrogens is 3. The van der Waals surface area contributed by atoms with Gasteiger partial charge in [0.1, 0.15) is 28.7 Å². The van der Waals surface area contributed by atoms with Crippen molar-refractivity contribution in [3.05, 3.63) is 307 Å². The second kappa shape index (κ2) is 23.5. The van der Waals surface area contributed by atoms with Gasteiger partial charge in [0, 0.05) is 66.7 Å². The Labute approximate surface area is 554 Å².